The van der Waals surface area contributed by atoms with E-state index in [0.29, 0.717) is 18.0 Å². The fourth-order valence-electron chi connectivity index (χ4n) is 3.41. The van der Waals surface area contributed by atoms with Gasteiger partial charge in [-0.05, 0) is 30.2 Å². The van der Waals surface area contributed by atoms with Crippen molar-refractivity contribution in [1.29, 1.82) is 0 Å². The summed E-state index contributed by atoms with van der Waals surface area (Å²) < 4.78 is 3.10. The molecule has 3 heterocycles. The van der Waals surface area contributed by atoms with Crippen molar-refractivity contribution in [3.8, 4) is 0 Å². The molecule has 4 rings (SSSR count). The van der Waals surface area contributed by atoms with Gasteiger partial charge in [0.15, 0.2) is 0 Å². The van der Waals surface area contributed by atoms with E-state index >= 15 is 0 Å². The van der Waals surface area contributed by atoms with E-state index in [1.165, 1.54) is 5.69 Å². The second kappa shape index (κ2) is 7.17. The molecule has 0 aliphatic carbocycles. The molecule has 1 aliphatic heterocycles. The van der Waals surface area contributed by atoms with Crippen molar-refractivity contribution in [2.45, 2.75) is 33.5 Å². The SMILES string of the molecule is CC(C)CN1CCn2nc(CNC(=O)c3ccc4ncsc4c3)cc2C1. The highest BCUT2D eigenvalue weighted by molar-refractivity contribution is 7.16. The highest BCUT2D eigenvalue weighted by atomic mass is 32.1. The largest absolute Gasteiger partial charge is 0.346 e. The van der Waals surface area contributed by atoms with Crippen LogP contribution >= 0.6 is 11.3 Å². The molecular weight excluding hydrogens is 346 g/mol. The summed E-state index contributed by atoms with van der Waals surface area (Å²) in [7, 11) is 0. The van der Waals surface area contributed by atoms with Crippen LogP contribution in [-0.4, -0.2) is 38.7 Å². The number of carbonyl (C=O) groups excluding carboxylic acids is 1. The number of fused-ring (bicyclic) bond motifs is 2. The van der Waals surface area contributed by atoms with Crippen molar-refractivity contribution in [1.82, 2.24) is 25.0 Å². The molecule has 1 aliphatic rings. The topological polar surface area (TPSA) is 63.1 Å². The van der Waals surface area contributed by atoms with Gasteiger partial charge < -0.3 is 5.32 Å². The lowest BCUT2D eigenvalue weighted by molar-refractivity contribution is 0.0950. The molecule has 0 saturated carbocycles. The monoisotopic (exact) mass is 369 g/mol. The summed E-state index contributed by atoms with van der Waals surface area (Å²) in [5, 5.41) is 7.62. The van der Waals surface area contributed by atoms with Gasteiger partial charge in [-0.1, -0.05) is 13.8 Å². The smallest absolute Gasteiger partial charge is 0.251 e. The zero-order valence-corrected chi connectivity index (χ0v) is 15.9. The first-order valence-corrected chi connectivity index (χ1v) is 9.86. The third-order valence-electron chi connectivity index (χ3n) is 4.57. The summed E-state index contributed by atoms with van der Waals surface area (Å²) in [5.41, 5.74) is 5.53. The number of nitrogens with one attached hydrogen (secondary N) is 1. The standard InChI is InChI=1S/C19H23N5OS/c1-13(2)10-23-5-6-24-16(11-23)8-15(22-24)9-20-19(25)14-3-4-17-18(7-14)26-12-21-17/h3-4,7-8,12-13H,5-6,9-11H2,1-2H3,(H,20,25). The number of aromatic nitrogens is 3. The molecule has 3 aromatic rings. The Morgan fingerprint density at radius 1 is 1.31 bits per heavy atom. The molecule has 2 aromatic heterocycles. The van der Waals surface area contributed by atoms with Gasteiger partial charge in [-0.15, -0.1) is 11.3 Å². The summed E-state index contributed by atoms with van der Waals surface area (Å²) in [4.78, 5) is 19.1. The minimum Gasteiger partial charge on any atom is -0.346 e. The number of nitrogens with zero attached hydrogens (tertiary/aromatic N) is 4. The molecule has 0 radical (unpaired) electrons. The number of thiazole rings is 1. The molecule has 0 unspecified atom stereocenters. The summed E-state index contributed by atoms with van der Waals surface area (Å²) in [6.45, 7) is 8.93. The summed E-state index contributed by atoms with van der Waals surface area (Å²) in [5.74, 6) is 0.590. The summed E-state index contributed by atoms with van der Waals surface area (Å²) >= 11 is 1.54. The number of hydrogen-bond acceptors (Lipinski definition) is 5. The number of carbonyl (C=O) groups is 1. The van der Waals surface area contributed by atoms with Crippen LogP contribution < -0.4 is 5.32 Å². The third kappa shape index (κ3) is 3.64. The molecule has 6 nitrogen and oxygen atoms in total. The average Bonchev–Trinajstić information content (AvgIpc) is 3.24. The molecule has 1 aromatic carbocycles. The molecule has 0 fully saturated rings. The minimum absolute atomic E-state index is 0.0762. The van der Waals surface area contributed by atoms with Crippen LogP contribution in [0.2, 0.25) is 0 Å². The number of amides is 1. The van der Waals surface area contributed by atoms with E-state index in [1.807, 2.05) is 18.2 Å². The van der Waals surface area contributed by atoms with E-state index in [2.05, 4.69) is 44.9 Å². The van der Waals surface area contributed by atoms with Crippen LogP contribution in [-0.2, 0) is 19.6 Å². The Kier molecular flexibility index (Phi) is 4.74. The second-order valence-corrected chi connectivity index (χ2v) is 8.08. The van der Waals surface area contributed by atoms with Crippen LogP contribution in [0.3, 0.4) is 0 Å². The summed E-state index contributed by atoms with van der Waals surface area (Å²) in [6.07, 6.45) is 0. The van der Waals surface area contributed by atoms with Crippen LogP contribution in [0.25, 0.3) is 10.2 Å². The molecule has 1 N–H and O–H groups in total. The van der Waals surface area contributed by atoms with E-state index in [1.54, 1.807) is 16.8 Å². The average molecular weight is 369 g/mol. The Morgan fingerprint density at radius 2 is 2.19 bits per heavy atom. The maximum absolute atomic E-state index is 12.4. The van der Waals surface area contributed by atoms with Gasteiger partial charge in [-0.3, -0.25) is 14.4 Å². The van der Waals surface area contributed by atoms with Gasteiger partial charge in [-0.2, -0.15) is 5.10 Å². The van der Waals surface area contributed by atoms with Crippen molar-refractivity contribution in [2.75, 3.05) is 13.1 Å². The normalized spacial score (nSPS) is 14.7. The summed E-state index contributed by atoms with van der Waals surface area (Å²) in [6, 6.07) is 7.71. The molecule has 7 heteroatoms. The zero-order chi connectivity index (χ0) is 18.1. The van der Waals surface area contributed by atoms with Crippen molar-refractivity contribution < 1.29 is 4.79 Å². The van der Waals surface area contributed by atoms with Crippen LogP contribution in [0.5, 0.6) is 0 Å². The third-order valence-corrected chi connectivity index (χ3v) is 5.37. The van der Waals surface area contributed by atoms with Crippen molar-refractivity contribution in [2.24, 2.45) is 5.92 Å². The van der Waals surface area contributed by atoms with Crippen LogP contribution in [0.1, 0.15) is 35.6 Å². The Balaban J connectivity index is 1.39. The van der Waals surface area contributed by atoms with Gasteiger partial charge >= 0.3 is 0 Å². The predicted octanol–water partition coefficient (Wildman–Crippen LogP) is 2.89. The molecule has 0 bridgehead atoms. The van der Waals surface area contributed by atoms with Gasteiger partial charge in [0, 0.05) is 25.2 Å². The maximum Gasteiger partial charge on any atom is 0.251 e. The van der Waals surface area contributed by atoms with Gasteiger partial charge in [0.25, 0.3) is 5.91 Å². The molecule has 0 saturated heterocycles. The fourth-order valence-corrected chi connectivity index (χ4v) is 4.12. The van der Waals surface area contributed by atoms with Gasteiger partial charge in [-0.25, -0.2) is 4.98 Å². The Morgan fingerprint density at radius 3 is 3.04 bits per heavy atom. The maximum atomic E-state index is 12.4. The van der Waals surface area contributed by atoms with Gasteiger partial charge in [0.05, 0.1) is 40.2 Å². The van der Waals surface area contributed by atoms with Crippen molar-refractivity contribution in [3.63, 3.8) is 0 Å². The first-order chi connectivity index (χ1) is 12.6. The van der Waals surface area contributed by atoms with Crippen molar-refractivity contribution >= 4 is 27.5 Å². The van der Waals surface area contributed by atoms with E-state index in [9.17, 15) is 4.79 Å². The highest BCUT2D eigenvalue weighted by Crippen LogP contribution is 2.19. The lowest BCUT2D eigenvalue weighted by atomic mass is 10.2. The Hall–Kier alpha value is -2.25. The number of rotatable bonds is 5. The molecule has 136 valence electrons. The highest BCUT2D eigenvalue weighted by Gasteiger charge is 2.19. The molecular formula is C19H23N5OS. The second-order valence-electron chi connectivity index (χ2n) is 7.20. The lowest BCUT2D eigenvalue weighted by Crippen LogP contribution is -2.36. The van der Waals surface area contributed by atoms with E-state index in [4.69, 9.17) is 0 Å². The van der Waals surface area contributed by atoms with Gasteiger partial charge in [0.2, 0.25) is 0 Å². The van der Waals surface area contributed by atoms with Gasteiger partial charge in [0.1, 0.15) is 0 Å². The first kappa shape index (κ1) is 17.2. The van der Waals surface area contributed by atoms with Crippen molar-refractivity contribution in [3.05, 3.63) is 46.7 Å². The molecule has 1 amide bonds. The fraction of sp³-hybridized carbons (Fsp3) is 0.421. The molecule has 0 spiro atoms. The van der Waals surface area contributed by atoms with E-state index < -0.39 is 0 Å². The molecule has 26 heavy (non-hydrogen) atoms. The Labute approximate surface area is 156 Å². The van der Waals surface area contributed by atoms with Crippen LogP contribution in [0.4, 0.5) is 0 Å². The quantitative estimate of drug-likeness (QED) is 0.751. The minimum atomic E-state index is -0.0762. The first-order valence-electron chi connectivity index (χ1n) is 8.98. The zero-order valence-electron chi connectivity index (χ0n) is 15.1. The van der Waals surface area contributed by atoms with Crippen LogP contribution in [0.15, 0.2) is 29.8 Å². The lowest BCUT2D eigenvalue weighted by Gasteiger charge is -2.28. The number of hydrogen-bond donors (Lipinski definition) is 1. The Bertz CT molecular complexity index is 929. The van der Waals surface area contributed by atoms with E-state index in [0.717, 1.165) is 42.1 Å². The number of benzene rings is 1. The molecule has 0 atom stereocenters. The van der Waals surface area contributed by atoms with Crippen LogP contribution in [0, 0.1) is 5.92 Å². The van der Waals surface area contributed by atoms with E-state index in [-0.39, 0.29) is 5.91 Å². The predicted molar refractivity (Wildman–Crippen MR) is 103 cm³/mol.